The minimum absolute atomic E-state index is 0. The van der Waals surface area contributed by atoms with Crippen molar-refractivity contribution in [3.63, 3.8) is 0 Å². The summed E-state index contributed by atoms with van der Waals surface area (Å²) in [5, 5.41) is 24.9. The van der Waals surface area contributed by atoms with Gasteiger partial charge in [-0.3, -0.25) is 14.5 Å². The number of amides is 2. The first-order chi connectivity index (χ1) is 12.4. The molecule has 0 radical (unpaired) electrons. The zero-order valence-electron chi connectivity index (χ0n) is 15.8. The van der Waals surface area contributed by atoms with Crippen molar-refractivity contribution in [1.82, 2.24) is 15.2 Å². The third-order valence-corrected chi connectivity index (χ3v) is 5.79. The molecular formula is C14H15CaN5O5S2. The second kappa shape index (κ2) is 8.61. The third kappa shape index (κ3) is 3.85. The molecule has 0 saturated carbocycles. The van der Waals surface area contributed by atoms with Crippen LogP contribution in [0.4, 0.5) is 5.13 Å². The number of nitrogens with zero attached hydrogens (tertiary/aromatic N) is 3. The minimum Gasteiger partial charge on any atom is -1.00 e. The van der Waals surface area contributed by atoms with Gasteiger partial charge in [-0.15, -0.1) is 23.1 Å². The number of nitrogen functional groups attached to an aromatic ring is 1. The average molecular weight is 438 g/mol. The number of thiazole rings is 1. The van der Waals surface area contributed by atoms with E-state index in [0.29, 0.717) is 11.3 Å². The van der Waals surface area contributed by atoms with Gasteiger partial charge in [0.15, 0.2) is 10.8 Å². The van der Waals surface area contributed by atoms with Crippen LogP contribution in [0.1, 0.15) is 8.55 Å². The Morgan fingerprint density at radius 3 is 2.78 bits per heavy atom. The quantitative estimate of drug-likeness (QED) is 0.160. The van der Waals surface area contributed by atoms with Crippen LogP contribution >= 0.6 is 23.1 Å². The van der Waals surface area contributed by atoms with Crippen LogP contribution < -0.4 is 11.1 Å². The van der Waals surface area contributed by atoms with E-state index in [9.17, 15) is 19.5 Å². The minimum atomic E-state index is -1.24. The number of aliphatic carboxylic acids is 1. The van der Waals surface area contributed by atoms with Gasteiger partial charge in [0.1, 0.15) is 22.8 Å². The van der Waals surface area contributed by atoms with Crippen LogP contribution in [-0.4, -0.2) is 98.6 Å². The molecule has 2 aliphatic rings. The first-order valence-corrected chi connectivity index (χ1v) is 9.09. The fourth-order valence-corrected chi connectivity index (χ4v) is 4.51. The number of aromatic nitrogens is 1. The molecule has 0 bridgehead atoms. The van der Waals surface area contributed by atoms with Crippen molar-refractivity contribution in [2.24, 2.45) is 5.16 Å². The number of thioether (sulfide) groups is 1. The second-order valence-electron chi connectivity index (χ2n) is 5.26. The fraction of sp³-hybridized carbons (Fsp3) is 0.214. The van der Waals surface area contributed by atoms with Crippen molar-refractivity contribution in [2.75, 3.05) is 11.5 Å². The SMILES string of the molecule is C=CC1=C(C(=O)O)N2C(=O)[C@@H](NC(=O)/C(=N\O)c3csc(N)n3)[C@H]2SC1.[Ca+2].[H-].[H-]. The molecule has 5 N–H and O–H groups in total. The molecule has 3 rings (SSSR count). The van der Waals surface area contributed by atoms with E-state index in [0.717, 1.165) is 16.2 Å². The van der Waals surface area contributed by atoms with Gasteiger partial charge in [-0.05, 0) is 5.57 Å². The number of β-lactam (4-membered cyclic amide) rings is 1. The Balaban J connectivity index is 0.00000261. The molecular weight excluding hydrogens is 422 g/mol. The number of fused-ring (bicyclic) bond motifs is 1. The summed E-state index contributed by atoms with van der Waals surface area (Å²) in [5.74, 6) is -2.27. The first kappa shape index (κ1) is 21.7. The molecule has 0 aliphatic carbocycles. The van der Waals surface area contributed by atoms with Crippen LogP contribution in [0, 0.1) is 0 Å². The maximum absolute atomic E-state index is 12.4. The number of carboxylic acids is 1. The van der Waals surface area contributed by atoms with Gasteiger partial charge >= 0.3 is 43.7 Å². The second-order valence-corrected chi connectivity index (χ2v) is 7.26. The summed E-state index contributed by atoms with van der Waals surface area (Å²) in [6.07, 6.45) is 1.40. The summed E-state index contributed by atoms with van der Waals surface area (Å²) < 4.78 is 0. The van der Waals surface area contributed by atoms with Crippen LogP contribution in [0.2, 0.25) is 0 Å². The zero-order chi connectivity index (χ0) is 19.0. The average Bonchev–Trinajstić information content (AvgIpc) is 3.04. The Morgan fingerprint density at radius 2 is 2.26 bits per heavy atom. The van der Waals surface area contributed by atoms with E-state index in [1.165, 1.54) is 23.2 Å². The number of oxime groups is 1. The van der Waals surface area contributed by atoms with E-state index in [4.69, 9.17) is 10.9 Å². The topological polar surface area (TPSA) is 158 Å². The summed E-state index contributed by atoms with van der Waals surface area (Å²) in [7, 11) is 0. The van der Waals surface area contributed by atoms with Gasteiger partial charge in [0.05, 0.1) is 0 Å². The van der Waals surface area contributed by atoms with Crippen molar-refractivity contribution < 1.29 is 27.6 Å². The Hall–Kier alpha value is -1.60. The van der Waals surface area contributed by atoms with Crippen LogP contribution in [-0.2, 0) is 14.4 Å². The molecule has 1 fully saturated rings. The number of hydrogen-bond acceptors (Lipinski definition) is 9. The molecule has 10 nitrogen and oxygen atoms in total. The number of anilines is 1. The van der Waals surface area contributed by atoms with Crippen LogP contribution in [0.25, 0.3) is 0 Å². The molecule has 1 saturated heterocycles. The molecule has 2 amide bonds. The number of allylic oxidation sites excluding steroid dienone is 1. The number of nitrogens with two attached hydrogens (primary N) is 1. The van der Waals surface area contributed by atoms with Gasteiger partial charge in [0.25, 0.3) is 11.8 Å². The Bertz CT molecular complexity index is 894. The summed E-state index contributed by atoms with van der Waals surface area (Å²) in [6.45, 7) is 3.56. The Kier molecular flexibility index (Phi) is 6.92. The van der Waals surface area contributed by atoms with Gasteiger partial charge in [0, 0.05) is 11.1 Å². The molecule has 2 aliphatic heterocycles. The molecule has 0 unspecified atom stereocenters. The molecule has 0 spiro atoms. The smallest absolute Gasteiger partial charge is 1.00 e. The third-order valence-electron chi connectivity index (χ3n) is 3.81. The monoisotopic (exact) mass is 437 g/mol. The first-order valence-electron chi connectivity index (χ1n) is 7.16. The number of hydrogen-bond donors (Lipinski definition) is 4. The standard InChI is InChI=1S/C14H13N5O5S2.Ca.2H/c1-2-5-3-25-12-8(11(21)19(12)9(5)13(22)23)17-10(20)7(18-24)6-4-26-14(15)16-6;;;/h2,4,8,12,24H,1,3H2,(H2,15,16)(H,17,20)(H,22,23);;;/q;+2;2*-1/b18-7-;;;/t8-,12-;;;/m1.../s1. The van der Waals surface area contributed by atoms with Crippen LogP contribution in [0.5, 0.6) is 0 Å². The van der Waals surface area contributed by atoms with Crippen molar-refractivity contribution in [3.8, 4) is 0 Å². The molecule has 1 aromatic rings. The number of nitrogens with one attached hydrogen (secondary N) is 1. The molecule has 2 atom stereocenters. The van der Waals surface area contributed by atoms with Gasteiger partial charge in [-0.2, -0.15) is 0 Å². The van der Waals surface area contributed by atoms with Gasteiger partial charge in [-0.1, -0.05) is 17.8 Å². The Labute approximate surface area is 194 Å². The maximum Gasteiger partial charge on any atom is 2.00 e. The van der Waals surface area contributed by atoms with E-state index >= 15 is 0 Å². The van der Waals surface area contributed by atoms with Gasteiger partial charge in [0.2, 0.25) is 0 Å². The van der Waals surface area contributed by atoms with Crippen LogP contribution in [0.3, 0.4) is 0 Å². The summed E-state index contributed by atoms with van der Waals surface area (Å²) in [4.78, 5) is 41.2. The zero-order valence-corrected chi connectivity index (χ0v) is 17.6. The van der Waals surface area contributed by atoms with Crippen molar-refractivity contribution >= 4 is 89.5 Å². The fourth-order valence-electron chi connectivity index (χ4n) is 2.62. The Morgan fingerprint density at radius 1 is 1.56 bits per heavy atom. The van der Waals surface area contributed by atoms with E-state index in [-0.39, 0.29) is 62.8 Å². The summed E-state index contributed by atoms with van der Waals surface area (Å²) in [5.41, 5.74) is 5.49. The maximum atomic E-state index is 12.4. The summed E-state index contributed by atoms with van der Waals surface area (Å²) >= 11 is 2.37. The van der Waals surface area contributed by atoms with E-state index in [2.05, 4.69) is 22.0 Å². The molecule has 27 heavy (non-hydrogen) atoms. The molecule has 1 aromatic heterocycles. The number of carbonyl (C=O) groups excluding carboxylic acids is 2. The molecule has 3 heterocycles. The van der Waals surface area contributed by atoms with E-state index in [1.807, 2.05) is 0 Å². The van der Waals surface area contributed by atoms with Crippen molar-refractivity contribution in [2.45, 2.75) is 11.4 Å². The van der Waals surface area contributed by atoms with Gasteiger partial charge in [-0.25, -0.2) is 9.78 Å². The van der Waals surface area contributed by atoms with Crippen molar-refractivity contribution in [3.05, 3.63) is 35.0 Å². The van der Waals surface area contributed by atoms with E-state index in [1.54, 1.807) is 0 Å². The molecule has 13 heteroatoms. The number of carbonyl (C=O) groups is 3. The normalized spacial score (nSPS) is 21.7. The predicted octanol–water partition coefficient (Wildman–Crippen LogP) is -0.328. The van der Waals surface area contributed by atoms with Crippen LogP contribution in [0.15, 0.2) is 34.5 Å². The predicted molar refractivity (Wildman–Crippen MR) is 103 cm³/mol. The largest absolute Gasteiger partial charge is 2.00 e. The number of rotatable bonds is 5. The van der Waals surface area contributed by atoms with E-state index < -0.39 is 29.2 Å². The molecule has 0 aromatic carbocycles. The van der Waals surface area contributed by atoms with Gasteiger partial charge < -0.3 is 24.2 Å². The molecule has 140 valence electrons. The van der Waals surface area contributed by atoms with Crippen molar-refractivity contribution in [1.29, 1.82) is 0 Å². The summed E-state index contributed by atoms with van der Waals surface area (Å²) in [6, 6.07) is -0.944. The number of carboxylic acid groups (broad SMARTS) is 1.